The lowest BCUT2D eigenvalue weighted by molar-refractivity contribution is -0.137. The van der Waals surface area contributed by atoms with E-state index in [2.05, 4.69) is 11.4 Å². The number of hydrogen-bond acceptors (Lipinski definition) is 1. The second-order valence-electron chi connectivity index (χ2n) is 5.16. The first-order valence-electron chi connectivity index (χ1n) is 7.11. The van der Waals surface area contributed by atoms with Crippen LogP contribution >= 0.6 is 0 Å². The van der Waals surface area contributed by atoms with Crippen LogP contribution in [0.4, 0.5) is 13.2 Å². The molecule has 0 saturated carbocycles. The van der Waals surface area contributed by atoms with Gasteiger partial charge in [0.2, 0.25) is 0 Å². The normalized spacial score (nSPS) is 15.5. The third kappa shape index (κ3) is 4.34. The van der Waals surface area contributed by atoms with Crippen LogP contribution in [0.5, 0.6) is 0 Å². The summed E-state index contributed by atoms with van der Waals surface area (Å²) in [7, 11) is 0. The van der Waals surface area contributed by atoms with Crippen molar-refractivity contribution in [3.63, 3.8) is 0 Å². The summed E-state index contributed by atoms with van der Waals surface area (Å²) < 4.78 is 38.5. The van der Waals surface area contributed by atoms with E-state index in [1.54, 1.807) is 0 Å². The van der Waals surface area contributed by atoms with Gasteiger partial charge < -0.3 is 5.32 Å². The first kappa shape index (κ1) is 15.6. The number of carbonyl (C=O) groups is 1. The first-order valence-corrected chi connectivity index (χ1v) is 7.11. The smallest absolute Gasteiger partial charge is 0.352 e. The minimum atomic E-state index is -4.51. The van der Waals surface area contributed by atoms with Gasteiger partial charge in [0.05, 0.1) is 11.1 Å². The van der Waals surface area contributed by atoms with Gasteiger partial charge in [-0.25, -0.2) is 0 Å². The molecule has 1 aliphatic rings. The van der Waals surface area contributed by atoms with Crippen molar-refractivity contribution in [2.75, 3.05) is 6.54 Å². The monoisotopic (exact) mass is 297 g/mol. The zero-order valence-electron chi connectivity index (χ0n) is 11.7. The van der Waals surface area contributed by atoms with Crippen LogP contribution in [-0.2, 0) is 6.18 Å². The molecule has 21 heavy (non-hydrogen) atoms. The Balaban J connectivity index is 1.96. The molecule has 1 amide bonds. The third-order valence-electron chi connectivity index (χ3n) is 3.59. The number of allylic oxidation sites excluding steroid dienone is 1. The van der Waals surface area contributed by atoms with Gasteiger partial charge in [-0.05, 0) is 44.2 Å². The van der Waals surface area contributed by atoms with Crippen molar-refractivity contribution in [1.82, 2.24) is 5.32 Å². The number of nitrogens with one attached hydrogen (secondary N) is 1. The van der Waals surface area contributed by atoms with Crippen LogP contribution in [0, 0.1) is 0 Å². The Bertz CT molecular complexity index is 535. The minimum absolute atomic E-state index is 0.317. The van der Waals surface area contributed by atoms with E-state index in [9.17, 15) is 18.0 Å². The second-order valence-corrected chi connectivity index (χ2v) is 5.16. The average Bonchev–Trinajstić information content (AvgIpc) is 2.47. The largest absolute Gasteiger partial charge is 0.417 e. The van der Waals surface area contributed by atoms with Gasteiger partial charge in [0.1, 0.15) is 0 Å². The van der Waals surface area contributed by atoms with Crippen molar-refractivity contribution in [3.05, 3.63) is 47.0 Å². The Kier molecular flexibility index (Phi) is 5.04. The Hall–Kier alpha value is -1.78. The Morgan fingerprint density at radius 3 is 2.62 bits per heavy atom. The highest BCUT2D eigenvalue weighted by molar-refractivity contribution is 5.95. The molecule has 0 radical (unpaired) electrons. The van der Waals surface area contributed by atoms with E-state index in [1.165, 1.54) is 30.2 Å². The lowest BCUT2D eigenvalue weighted by Crippen LogP contribution is -2.27. The maximum atomic E-state index is 12.8. The number of benzene rings is 1. The Morgan fingerprint density at radius 2 is 1.95 bits per heavy atom. The summed E-state index contributed by atoms with van der Waals surface area (Å²) in [4.78, 5) is 11.9. The quantitative estimate of drug-likeness (QED) is 0.824. The van der Waals surface area contributed by atoms with E-state index in [1.807, 2.05) is 0 Å². The zero-order valence-corrected chi connectivity index (χ0v) is 11.7. The molecule has 2 rings (SSSR count). The molecule has 2 nitrogen and oxygen atoms in total. The van der Waals surface area contributed by atoms with Gasteiger partial charge >= 0.3 is 6.18 Å². The molecule has 0 atom stereocenters. The van der Waals surface area contributed by atoms with Gasteiger partial charge in [-0.3, -0.25) is 4.79 Å². The van der Waals surface area contributed by atoms with Crippen LogP contribution < -0.4 is 5.32 Å². The van der Waals surface area contributed by atoms with Crippen LogP contribution in [0.1, 0.15) is 48.0 Å². The number of hydrogen-bond donors (Lipinski definition) is 1. The summed E-state index contributed by atoms with van der Waals surface area (Å²) in [5.74, 6) is -0.667. The molecule has 0 saturated heterocycles. The van der Waals surface area contributed by atoms with Crippen molar-refractivity contribution < 1.29 is 18.0 Å². The molecule has 1 aromatic rings. The van der Waals surface area contributed by atoms with Crippen molar-refractivity contribution in [1.29, 1.82) is 0 Å². The fraction of sp³-hybridized carbons (Fsp3) is 0.438. The van der Waals surface area contributed by atoms with Gasteiger partial charge in [-0.2, -0.15) is 13.2 Å². The number of halogens is 3. The number of carbonyl (C=O) groups excluding carboxylic acids is 1. The molecule has 114 valence electrons. The van der Waals surface area contributed by atoms with Gasteiger partial charge in [-0.15, -0.1) is 0 Å². The summed E-state index contributed by atoms with van der Waals surface area (Å²) in [5, 5.41) is 2.58. The molecule has 0 unspecified atom stereocenters. The molecule has 0 heterocycles. The predicted molar refractivity (Wildman–Crippen MR) is 74.9 cm³/mol. The predicted octanol–water partition coefficient (Wildman–Crippen LogP) is 4.33. The molecule has 1 aliphatic carbocycles. The topological polar surface area (TPSA) is 29.1 Å². The van der Waals surface area contributed by atoms with E-state index in [0.717, 1.165) is 25.3 Å². The molecule has 5 heteroatoms. The van der Waals surface area contributed by atoms with Gasteiger partial charge in [0, 0.05) is 6.54 Å². The molecule has 1 N–H and O–H groups in total. The fourth-order valence-corrected chi connectivity index (χ4v) is 2.49. The fourth-order valence-electron chi connectivity index (χ4n) is 2.49. The van der Waals surface area contributed by atoms with Crippen LogP contribution in [0.15, 0.2) is 35.9 Å². The average molecular weight is 297 g/mol. The van der Waals surface area contributed by atoms with Crippen molar-refractivity contribution in [2.24, 2.45) is 0 Å². The van der Waals surface area contributed by atoms with Crippen molar-refractivity contribution >= 4 is 5.91 Å². The van der Waals surface area contributed by atoms with E-state index >= 15 is 0 Å². The SMILES string of the molecule is O=C(NCCC1=CCCCC1)c1ccccc1C(F)(F)F. The highest BCUT2D eigenvalue weighted by atomic mass is 19.4. The van der Waals surface area contributed by atoms with E-state index in [0.29, 0.717) is 13.0 Å². The number of rotatable bonds is 4. The maximum absolute atomic E-state index is 12.8. The van der Waals surface area contributed by atoms with E-state index in [4.69, 9.17) is 0 Å². The van der Waals surface area contributed by atoms with Crippen molar-refractivity contribution in [3.8, 4) is 0 Å². The lowest BCUT2D eigenvalue weighted by atomic mass is 9.97. The minimum Gasteiger partial charge on any atom is -0.352 e. The number of amides is 1. The van der Waals surface area contributed by atoms with E-state index < -0.39 is 17.6 Å². The van der Waals surface area contributed by atoms with Gasteiger partial charge in [-0.1, -0.05) is 23.8 Å². The van der Waals surface area contributed by atoms with Crippen LogP contribution in [0.25, 0.3) is 0 Å². The lowest BCUT2D eigenvalue weighted by Gasteiger charge is -2.14. The Morgan fingerprint density at radius 1 is 1.19 bits per heavy atom. The molecule has 0 fully saturated rings. The second kappa shape index (κ2) is 6.78. The van der Waals surface area contributed by atoms with Crippen molar-refractivity contribution in [2.45, 2.75) is 38.3 Å². The molecule has 1 aromatic carbocycles. The van der Waals surface area contributed by atoms with Crippen LogP contribution in [0.2, 0.25) is 0 Å². The summed E-state index contributed by atoms with van der Waals surface area (Å²) in [5.41, 5.74) is 0.0765. The van der Waals surface area contributed by atoms with Crippen LogP contribution in [-0.4, -0.2) is 12.5 Å². The molecule has 0 bridgehead atoms. The zero-order chi connectivity index (χ0) is 15.3. The first-order chi connectivity index (χ1) is 9.98. The van der Waals surface area contributed by atoms with Gasteiger partial charge in [0.15, 0.2) is 0 Å². The summed E-state index contributed by atoms with van der Waals surface area (Å²) in [6.07, 6.45) is 2.78. The standard InChI is InChI=1S/C16H18F3NO/c17-16(18,19)14-9-5-4-8-13(14)15(21)20-11-10-12-6-2-1-3-7-12/h4-6,8-9H,1-3,7,10-11H2,(H,20,21). The summed E-state index contributed by atoms with van der Waals surface area (Å²) >= 11 is 0. The maximum Gasteiger partial charge on any atom is 0.417 e. The molecule has 0 spiro atoms. The molecular weight excluding hydrogens is 279 g/mol. The Labute approximate surface area is 122 Å². The highest BCUT2D eigenvalue weighted by Crippen LogP contribution is 2.31. The molecule has 0 aromatic heterocycles. The number of alkyl halides is 3. The molecule has 0 aliphatic heterocycles. The van der Waals surface area contributed by atoms with E-state index in [-0.39, 0.29) is 5.56 Å². The molecular formula is C16H18F3NO. The van der Waals surface area contributed by atoms with Gasteiger partial charge in [0.25, 0.3) is 5.91 Å². The summed E-state index contributed by atoms with van der Waals surface area (Å²) in [6, 6.07) is 4.86. The van der Waals surface area contributed by atoms with Crippen LogP contribution in [0.3, 0.4) is 0 Å². The third-order valence-corrected chi connectivity index (χ3v) is 3.59. The highest BCUT2D eigenvalue weighted by Gasteiger charge is 2.34. The summed E-state index contributed by atoms with van der Waals surface area (Å²) in [6.45, 7) is 0.372.